The number of hydrogen-bond donors (Lipinski definition) is 1. The van der Waals surface area contributed by atoms with Crippen molar-refractivity contribution in [1.82, 2.24) is 9.78 Å². The van der Waals surface area contributed by atoms with Gasteiger partial charge in [-0.2, -0.15) is 5.10 Å². The number of rotatable bonds is 3. The van der Waals surface area contributed by atoms with Crippen molar-refractivity contribution in [3.05, 3.63) is 59.5 Å². The minimum absolute atomic E-state index is 0.0142. The average Bonchev–Trinajstić information content (AvgIpc) is 3.05. The van der Waals surface area contributed by atoms with E-state index in [1.54, 1.807) is 4.68 Å². The predicted molar refractivity (Wildman–Crippen MR) is 77.7 cm³/mol. The van der Waals surface area contributed by atoms with Gasteiger partial charge < -0.3 is 9.52 Å². The molecule has 0 aliphatic heterocycles. The predicted octanol–water partition coefficient (Wildman–Crippen LogP) is 3.45. The maximum absolute atomic E-state index is 11.2. The van der Waals surface area contributed by atoms with Crippen LogP contribution in [-0.2, 0) is 0 Å². The number of carboxylic acid groups (broad SMARTS) is 1. The van der Waals surface area contributed by atoms with Gasteiger partial charge >= 0.3 is 5.97 Å². The molecule has 0 saturated carbocycles. The van der Waals surface area contributed by atoms with Gasteiger partial charge in [0.1, 0.15) is 11.5 Å². The van der Waals surface area contributed by atoms with Crippen molar-refractivity contribution in [2.75, 3.05) is 0 Å². The Hall–Kier alpha value is -2.82. The second-order valence-corrected chi connectivity index (χ2v) is 4.88. The zero-order valence-corrected chi connectivity index (χ0v) is 11.7. The van der Waals surface area contributed by atoms with E-state index in [-0.39, 0.29) is 5.69 Å². The molecule has 1 N–H and O–H groups in total. The smallest absolute Gasteiger partial charge is 0.356 e. The lowest BCUT2D eigenvalue weighted by molar-refractivity contribution is 0.0690. The van der Waals surface area contributed by atoms with E-state index in [0.717, 1.165) is 17.0 Å². The lowest BCUT2D eigenvalue weighted by Gasteiger charge is -2.05. The maximum atomic E-state index is 11.2. The van der Waals surface area contributed by atoms with Crippen molar-refractivity contribution in [3.8, 4) is 17.1 Å². The Balaban J connectivity index is 2.18. The number of aromatic nitrogens is 2. The summed E-state index contributed by atoms with van der Waals surface area (Å²) in [4.78, 5) is 11.2. The lowest BCUT2D eigenvalue weighted by atomic mass is 10.2. The Bertz CT molecular complexity index is 797. The first-order valence-corrected chi connectivity index (χ1v) is 6.52. The first-order valence-electron chi connectivity index (χ1n) is 6.52. The minimum Gasteiger partial charge on any atom is -0.476 e. The van der Waals surface area contributed by atoms with Crippen LogP contribution in [0.5, 0.6) is 0 Å². The average molecular weight is 282 g/mol. The van der Waals surface area contributed by atoms with Gasteiger partial charge in [0.15, 0.2) is 11.5 Å². The highest BCUT2D eigenvalue weighted by Crippen LogP contribution is 2.26. The van der Waals surface area contributed by atoms with Crippen molar-refractivity contribution in [2.24, 2.45) is 0 Å². The Morgan fingerprint density at radius 2 is 1.86 bits per heavy atom. The molecule has 0 unspecified atom stereocenters. The van der Waals surface area contributed by atoms with Crippen molar-refractivity contribution in [2.45, 2.75) is 13.8 Å². The highest BCUT2D eigenvalue weighted by molar-refractivity contribution is 5.87. The first-order chi connectivity index (χ1) is 10.0. The van der Waals surface area contributed by atoms with E-state index in [2.05, 4.69) is 5.10 Å². The SMILES string of the molecule is Cc1ccc(-n2nc(C(=O)O)cc2-c2ccc(C)o2)cc1. The van der Waals surface area contributed by atoms with Gasteiger partial charge in [0.05, 0.1) is 5.69 Å². The summed E-state index contributed by atoms with van der Waals surface area (Å²) in [6, 6.07) is 12.9. The van der Waals surface area contributed by atoms with Crippen molar-refractivity contribution in [1.29, 1.82) is 0 Å². The highest BCUT2D eigenvalue weighted by atomic mass is 16.4. The molecule has 0 atom stereocenters. The molecule has 3 rings (SSSR count). The van der Waals surface area contributed by atoms with Crippen LogP contribution in [0.3, 0.4) is 0 Å². The van der Waals surface area contributed by atoms with Gasteiger partial charge in [-0.25, -0.2) is 9.48 Å². The number of hydrogen-bond acceptors (Lipinski definition) is 3. The van der Waals surface area contributed by atoms with E-state index in [1.807, 2.05) is 50.2 Å². The van der Waals surface area contributed by atoms with Crippen LogP contribution in [0.25, 0.3) is 17.1 Å². The Kier molecular flexibility index (Phi) is 3.10. The van der Waals surface area contributed by atoms with E-state index >= 15 is 0 Å². The summed E-state index contributed by atoms with van der Waals surface area (Å²) in [5.41, 5.74) is 2.51. The molecular weight excluding hydrogens is 268 g/mol. The monoisotopic (exact) mass is 282 g/mol. The molecule has 0 saturated heterocycles. The second-order valence-electron chi connectivity index (χ2n) is 4.88. The van der Waals surface area contributed by atoms with Crippen molar-refractivity contribution in [3.63, 3.8) is 0 Å². The van der Waals surface area contributed by atoms with Crippen LogP contribution in [0.1, 0.15) is 21.8 Å². The Morgan fingerprint density at radius 1 is 1.14 bits per heavy atom. The quantitative estimate of drug-likeness (QED) is 0.799. The van der Waals surface area contributed by atoms with Gasteiger partial charge in [0.2, 0.25) is 0 Å². The molecule has 0 aliphatic rings. The third-order valence-electron chi connectivity index (χ3n) is 3.20. The maximum Gasteiger partial charge on any atom is 0.356 e. The largest absolute Gasteiger partial charge is 0.476 e. The molecule has 21 heavy (non-hydrogen) atoms. The number of aryl methyl sites for hydroxylation is 2. The molecule has 0 bridgehead atoms. The van der Waals surface area contributed by atoms with Crippen molar-refractivity contribution < 1.29 is 14.3 Å². The van der Waals surface area contributed by atoms with Crippen LogP contribution >= 0.6 is 0 Å². The number of carbonyl (C=O) groups is 1. The fraction of sp³-hybridized carbons (Fsp3) is 0.125. The summed E-state index contributed by atoms with van der Waals surface area (Å²) in [6.45, 7) is 3.83. The fourth-order valence-corrected chi connectivity index (χ4v) is 2.12. The molecular formula is C16H14N2O3. The zero-order valence-electron chi connectivity index (χ0n) is 11.7. The zero-order chi connectivity index (χ0) is 15.0. The van der Waals surface area contributed by atoms with Crippen LogP contribution in [0, 0.1) is 13.8 Å². The van der Waals surface area contributed by atoms with Crippen LogP contribution in [-0.4, -0.2) is 20.9 Å². The summed E-state index contributed by atoms with van der Waals surface area (Å²) >= 11 is 0. The van der Waals surface area contributed by atoms with Gasteiger partial charge in [-0.05, 0) is 38.1 Å². The molecule has 106 valence electrons. The second kappa shape index (κ2) is 4.94. The molecule has 5 heteroatoms. The highest BCUT2D eigenvalue weighted by Gasteiger charge is 2.17. The number of aromatic carboxylic acids is 1. The molecule has 0 amide bonds. The fourth-order valence-electron chi connectivity index (χ4n) is 2.12. The van der Waals surface area contributed by atoms with Gasteiger partial charge in [0, 0.05) is 6.07 Å². The molecule has 1 aromatic carbocycles. The molecule has 0 fully saturated rings. The van der Waals surface area contributed by atoms with E-state index in [1.165, 1.54) is 6.07 Å². The van der Waals surface area contributed by atoms with Crippen LogP contribution in [0.2, 0.25) is 0 Å². The number of carboxylic acids is 1. The Morgan fingerprint density at radius 3 is 2.43 bits per heavy atom. The number of nitrogens with zero attached hydrogens (tertiary/aromatic N) is 2. The molecule has 2 aromatic heterocycles. The summed E-state index contributed by atoms with van der Waals surface area (Å²) < 4.78 is 7.18. The van der Waals surface area contributed by atoms with Crippen LogP contribution < -0.4 is 0 Å². The molecule has 0 spiro atoms. The minimum atomic E-state index is -1.06. The lowest BCUT2D eigenvalue weighted by Crippen LogP contribution is -2.02. The molecule has 5 nitrogen and oxygen atoms in total. The normalized spacial score (nSPS) is 10.8. The van der Waals surface area contributed by atoms with Crippen LogP contribution in [0.4, 0.5) is 0 Å². The van der Waals surface area contributed by atoms with E-state index in [4.69, 9.17) is 9.52 Å². The van der Waals surface area contributed by atoms with Crippen LogP contribution in [0.15, 0.2) is 46.9 Å². The molecule has 3 aromatic rings. The Labute approximate surface area is 121 Å². The van der Waals surface area contributed by atoms with E-state index in [0.29, 0.717) is 11.5 Å². The first kappa shape index (κ1) is 13.2. The summed E-state index contributed by atoms with van der Waals surface area (Å²) in [5.74, 6) is 0.289. The van der Waals surface area contributed by atoms with E-state index in [9.17, 15) is 4.79 Å². The molecule has 0 aliphatic carbocycles. The number of benzene rings is 1. The van der Waals surface area contributed by atoms with Gasteiger partial charge in [-0.15, -0.1) is 0 Å². The number of furan rings is 1. The van der Waals surface area contributed by atoms with Crippen molar-refractivity contribution >= 4 is 5.97 Å². The van der Waals surface area contributed by atoms with E-state index < -0.39 is 5.97 Å². The topological polar surface area (TPSA) is 68.3 Å². The third kappa shape index (κ3) is 2.45. The van der Waals surface area contributed by atoms with Gasteiger partial charge in [0.25, 0.3) is 0 Å². The third-order valence-corrected chi connectivity index (χ3v) is 3.20. The standard InChI is InChI=1S/C16H14N2O3/c1-10-3-6-12(7-4-10)18-14(9-13(17-18)16(19)20)15-8-5-11(2)21-15/h3-9H,1-2H3,(H,19,20). The summed E-state index contributed by atoms with van der Waals surface area (Å²) in [7, 11) is 0. The summed E-state index contributed by atoms with van der Waals surface area (Å²) in [6.07, 6.45) is 0. The molecule has 2 heterocycles. The van der Waals surface area contributed by atoms with Gasteiger partial charge in [-0.3, -0.25) is 0 Å². The van der Waals surface area contributed by atoms with Gasteiger partial charge in [-0.1, -0.05) is 17.7 Å². The molecule has 0 radical (unpaired) electrons. The summed E-state index contributed by atoms with van der Waals surface area (Å²) in [5, 5.41) is 13.3.